The molecule has 0 radical (unpaired) electrons. The minimum Gasteiger partial charge on any atom is -0.354 e. The molecule has 4 aromatic carbocycles. The number of para-hydroxylation sites is 1. The third kappa shape index (κ3) is 8.24. The average Bonchev–Trinajstić information content (AvgIpc) is 3.02. The van der Waals surface area contributed by atoms with E-state index in [1.807, 2.05) is 44.2 Å². The molecule has 230 valence electrons. The Morgan fingerprint density at radius 3 is 2.14 bits per heavy atom. The van der Waals surface area contributed by atoms with E-state index < -0.39 is 34.3 Å². The normalized spacial score (nSPS) is 11.9. The fourth-order valence-corrected chi connectivity index (χ4v) is 6.26. The lowest BCUT2D eigenvalue weighted by atomic mass is 10.0. The van der Waals surface area contributed by atoms with Gasteiger partial charge in [-0.3, -0.25) is 13.9 Å². The molecule has 1 N–H and O–H groups in total. The number of benzene rings is 4. The third-order valence-corrected chi connectivity index (χ3v) is 9.12. The van der Waals surface area contributed by atoms with Crippen molar-refractivity contribution in [2.75, 3.05) is 17.4 Å². The van der Waals surface area contributed by atoms with E-state index in [0.29, 0.717) is 23.6 Å². The lowest BCUT2D eigenvalue weighted by molar-refractivity contribution is -0.140. The van der Waals surface area contributed by atoms with Crippen molar-refractivity contribution in [3.8, 4) is 0 Å². The molecule has 0 aliphatic heterocycles. The first kappa shape index (κ1) is 32.7. The van der Waals surface area contributed by atoms with Gasteiger partial charge in [0.2, 0.25) is 11.8 Å². The van der Waals surface area contributed by atoms with Crippen molar-refractivity contribution >= 4 is 39.1 Å². The molecule has 0 fully saturated rings. The van der Waals surface area contributed by atoms with Crippen LogP contribution in [0.4, 0.5) is 10.1 Å². The summed E-state index contributed by atoms with van der Waals surface area (Å²) in [6, 6.07) is 26.6. The zero-order chi connectivity index (χ0) is 31.7. The Labute approximate surface area is 263 Å². The summed E-state index contributed by atoms with van der Waals surface area (Å²) in [5.41, 5.74) is 2.07. The van der Waals surface area contributed by atoms with Gasteiger partial charge in [0, 0.05) is 24.5 Å². The van der Waals surface area contributed by atoms with Gasteiger partial charge in [0.25, 0.3) is 10.0 Å². The number of halogens is 2. The summed E-state index contributed by atoms with van der Waals surface area (Å²) in [6.45, 7) is 3.39. The SMILES string of the molecule is CCCNC(=O)C(Cc1ccccc1)N(Cc1ccc(Cl)cc1)C(=O)CN(c1ccccc1F)S(=O)(=O)c1ccc(C)cc1. The van der Waals surface area contributed by atoms with E-state index in [0.717, 1.165) is 21.5 Å². The summed E-state index contributed by atoms with van der Waals surface area (Å²) in [5.74, 6) is -1.86. The highest BCUT2D eigenvalue weighted by Gasteiger charge is 2.35. The van der Waals surface area contributed by atoms with Crippen LogP contribution in [0.5, 0.6) is 0 Å². The molecular weight excluding hydrogens is 601 g/mol. The van der Waals surface area contributed by atoms with Crippen molar-refractivity contribution in [2.45, 2.75) is 44.2 Å². The van der Waals surface area contributed by atoms with Crippen LogP contribution in [0.25, 0.3) is 0 Å². The highest BCUT2D eigenvalue weighted by atomic mass is 35.5. The van der Waals surface area contributed by atoms with Gasteiger partial charge in [0.1, 0.15) is 18.4 Å². The van der Waals surface area contributed by atoms with Gasteiger partial charge >= 0.3 is 0 Å². The molecule has 0 saturated carbocycles. The van der Waals surface area contributed by atoms with Crippen molar-refractivity contribution in [1.82, 2.24) is 10.2 Å². The minimum absolute atomic E-state index is 0.0112. The Hall–Kier alpha value is -4.21. The van der Waals surface area contributed by atoms with Crippen LogP contribution in [0.15, 0.2) is 108 Å². The number of anilines is 1. The number of amides is 2. The fraction of sp³-hybridized carbons (Fsp3) is 0.235. The number of hydrogen-bond donors (Lipinski definition) is 1. The fourth-order valence-electron chi connectivity index (χ4n) is 4.71. The zero-order valence-corrected chi connectivity index (χ0v) is 26.2. The minimum atomic E-state index is -4.39. The summed E-state index contributed by atoms with van der Waals surface area (Å²) in [5, 5.41) is 3.40. The Morgan fingerprint density at radius 2 is 1.50 bits per heavy atom. The van der Waals surface area contributed by atoms with E-state index in [9.17, 15) is 18.0 Å². The molecule has 10 heteroatoms. The molecule has 1 unspecified atom stereocenters. The summed E-state index contributed by atoms with van der Waals surface area (Å²) < 4.78 is 43.9. The first-order valence-corrected chi connectivity index (χ1v) is 16.1. The Bertz CT molecular complexity index is 1670. The Balaban J connectivity index is 1.80. The van der Waals surface area contributed by atoms with E-state index in [4.69, 9.17) is 11.6 Å². The van der Waals surface area contributed by atoms with Crippen LogP contribution in [0.2, 0.25) is 5.02 Å². The number of hydrogen-bond acceptors (Lipinski definition) is 4. The van der Waals surface area contributed by atoms with Crippen molar-refractivity contribution in [3.05, 3.63) is 131 Å². The Morgan fingerprint density at radius 1 is 0.864 bits per heavy atom. The molecule has 7 nitrogen and oxygen atoms in total. The van der Waals surface area contributed by atoms with Crippen molar-refractivity contribution in [1.29, 1.82) is 0 Å². The van der Waals surface area contributed by atoms with Crippen molar-refractivity contribution < 1.29 is 22.4 Å². The number of rotatable bonds is 13. The van der Waals surface area contributed by atoms with Crippen molar-refractivity contribution in [2.24, 2.45) is 0 Å². The average molecular weight is 636 g/mol. The lowest BCUT2D eigenvalue weighted by Gasteiger charge is -2.34. The molecule has 4 aromatic rings. The zero-order valence-electron chi connectivity index (χ0n) is 24.6. The quantitative estimate of drug-likeness (QED) is 0.191. The number of aryl methyl sites for hydroxylation is 1. The number of carbonyl (C=O) groups excluding carboxylic acids is 2. The molecule has 0 aliphatic rings. The molecule has 0 aromatic heterocycles. The van der Waals surface area contributed by atoms with Gasteiger partial charge < -0.3 is 10.2 Å². The topological polar surface area (TPSA) is 86.8 Å². The number of nitrogens with zero attached hydrogens (tertiary/aromatic N) is 2. The van der Waals surface area contributed by atoms with Crippen LogP contribution in [0.3, 0.4) is 0 Å². The van der Waals surface area contributed by atoms with Gasteiger partial charge in [-0.25, -0.2) is 12.8 Å². The highest BCUT2D eigenvalue weighted by molar-refractivity contribution is 7.92. The first-order chi connectivity index (χ1) is 21.1. The first-order valence-electron chi connectivity index (χ1n) is 14.3. The van der Waals surface area contributed by atoms with Crippen LogP contribution in [0, 0.1) is 12.7 Å². The molecule has 0 bridgehead atoms. The maximum Gasteiger partial charge on any atom is 0.264 e. The van der Waals surface area contributed by atoms with Gasteiger partial charge in [0.15, 0.2) is 0 Å². The molecule has 1 atom stereocenters. The van der Waals surface area contributed by atoms with Gasteiger partial charge in [-0.05, 0) is 60.9 Å². The molecule has 44 heavy (non-hydrogen) atoms. The van der Waals surface area contributed by atoms with Gasteiger partial charge in [-0.2, -0.15) is 0 Å². The van der Waals surface area contributed by atoms with Gasteiger partial charge in [0.05, 0.1) is 10.6 Å². The predicted molar refractivity (Wildman–Crippen MR) is 171 cm³/mol. The molecular formula is C34H35ClFN3O4S. The third-order valence-electron chi connectivity index (χ3n) is 7.10. The second kappa shape index (κ2) is 15.0. The van der Waals surface area contributed by atoms with E-state index in [-0.39, 0.29) is 29.5 Å². The second-order valence-corrected chi connectivity index (χ2v) is 12.7. The summed E-state index contributed by atoms with van der Waals surface area (Å²) in [6.07, 6.45) is 0.866. The van der Waals surface area contributed by atoms with Gasteiger partial charge in [-0.15, -0.1) is 0 Å². The molecule has 0 saturated heterocycles. The van der Waals surface area contributed by atoms with Crippen molar-refractivity contribution in [3.63, 3.8) is 0 Å². The lowest BCUT2D eigenvalue weighted by Crippen LogP contribution is -2.53. The van der Waals surface area contributed by atoms with Crippen LogP contribution >= 0.6 is 11.6 Å². The van der Waals surface area contributed by atoms with Crippen LogP contribution in [-0.2, 0) is 32.6 Å². The van der Waals surface area contributed by atoms with E-state index >= 15 is 4.39 Å². The van der Waals surface area contributed by atoms with E-state index in [1.165, 1.54) is 35.2 Å². The van der Waals surface area contributed by atoms with Crippen LogP contribution in [0.1, 0.15) is 30.0 Å². The standard InChI is InChI=1S/C34H35ClFN3O4S/c1-3-21-37-34(41)32(22-26-9-5-4-6-10-26)38(23-27-15-17-28(35)18-16-27)33(40)24-39(31-12-8-7-11-30(31)36)44(42,43)29-19-13-25(2)14-20-29/h4-20,32H,3,21-24H2,1-2H3,(H,37,41). The number of sulfonamides is 1. The molecule has 4 rings (SSSR count). The smallest absolute Gasteiger partial charge is 0.264 e. The highest BCUT2D eigenvalue weighted by Crippen LogP contribution is 2.27. The number of nitrogens with one attached hydrogen (secondary N) is 1. The molecule has 0 aliphatic carbocycles. The largest absolute Gasteiger partial charge is 0.354 e. The predicted octanol–water partition coefficient (Wildman–Crippen LogP) is 6.15. The maximum atomic E-state index is 15.2. The summed E-state index contributed by atoms with van der Waals surface area (Å²) in [4.78, 5) is 29.3. The molecule has 2 amide bonds. The second-order valence-electron chi connectivity index (χ2n) is 10.4. The summed E-state index contributed by atoms with van der Waals surface area (Å²) in [7, 11) is -4.39. The van der Waals surface area contributed by atoms with Gasteiger partial charge in [-0.1, -0.05) is 90.8 Å². The maximum absolute atomic E-state index is 15.2. The van der Waals surface area contributed by atoms with Crippen LogP contribution < -0.4 is 9.62 Å². The number of carbonyl (C=O) groups is 2. The monoisotopic (exact) mass is 635 g/mol. The summed E-state index contributed by atoms with van der Waals surface area (Å²) >= 11 is 6.10. The van der Waals surface area contributed by atoms with E-state index in [2.05, 4.69) is 5.32 Å². The van der Waals surface area contributed by atoms with E-state index in [1.54, 1.807) is 36.4 Å². The Kier molecular flexibility index (Phi) is 11.1. The van der Waals surface area contributed by atoms with Crippen LogP contribution in [-0.4, -0.2) is 44.3 Å². The molecule has 0 spiro atoms. The molecule has 0 heterocycles.